The van der Waals surface area contributed by atoms with Crippen LogP contribution in [-0.2, 0) is 13.1 Å². The van der Waals surface area contributed by atoms with Crippen molar-refractivity contribution in [3.8, 4) is 0 Å². The van der Waals surface area contributed by atoms with Crippen molar-refractivity contribution in [3.05, 3.63) is 48.8 Å². The summed E-state index contributed by atoms with van der Waals surface area (Å²) >= 11 is 0. The first-order valence-electron chi connectivity index (χ1n) is 7.19. The first-order chi connectivity index (χ1) is 9.90. The van der Waals surface area contributed by atoms with E-state index in [0.29, 0.717) is 0 Å². The van der Waals surface area contributed by atoms with Crippen LogP contribution in [-0.4, -0.2) is 57.1 Å². The molecule has 0 saturated carbocycles. The van der Waals surface area contributed by atoms with Crippen LogP contribution in [0.15, 0.2) is 43.2 Å². The number of pyridine rings is 1. The zero-order valence-corrected chi connectivity index (χ0v) is 11.7. The minimum Gasteiger partial charge on any atom is -0.336 e. The zero-order valence-electron chi connectivity index (χ0n) is 11.7. The molecule has 20 heavy (non-hydrogen) atoms. The molecule has 106 valence electrons. The molecular formula is C15H21N5. The molecule has 3 rings (SSSR count). The Morgan fingerprint density at radius 3 is 2.50 bits per heavy atom. The molecule has 0 radical (unpaired) electrons. The summed E-state index contributed by atoms with van der Waals surface area (Å²) in [7, 11) is 0. The van der Waals surface area contributed by atoms with Crippen LogP contribution >= 0.6 is 0 Å². The van der Waals surface area contributed by atoms with Crippen molar-refractivity contribution in [2.24, 2.45) is 0 Å². The number of nitrogens with zero attached hydrogens (tertiary/aromatic N) is 5. The van der Waals surface area contributed by atoms with Crippen molar-refractivity contribution in [1.82, 2.24) is 24.3 Å². The Morgan fingerprint density at radius 1 is 0.950 bits per heavy atom. The molecule has 1 fully saturated rings. The van der Waals surface area contributed by atoms with E-state index in [1.807, 2.05) is 37.2 Å². The van der Waals surface area contributed by atoms with Crippen LogP contribution < -0.4 is 0 Å². The average Bonchev–Trinajstić information content (AvgIpc) is 3.01. The fourth-order valence-corrected chi connectivity index (χ4v) is 2.60. The highest BCUT2D eigenvalue weighted by molar-refractivity contribution is 5.08. The number of aromatic nitrogens is 3. The van der Waals surface area contributed by atoms with E-state index >= 15 is 0 Å². The second kappa shape index (κ2) is 6.63. The fraction of sp³-hybridized carbons (Fsp3) is 0.467. The van der Waals surface area contributed by atoms with Gasteiger partial charge in [0.15, 0.2) is 0 Å². The average molecular weight is 271 g/mol. The van der Waals surface area contributed by atoms with E-state index in [1.165, 1.54) is 5.56 Å². The van der Waals surface area contributed by atoms with Gasteiger partial charge in [0.25, 0.3) is 0 Å². The summed E-state index contributed by atoms with van der Waals surface area (Å²) in [5, 5.41) is 0. The van der Waals surface area contributed by atoms with Crippen molar-refractivity contribution < 1.29 is 0 Å². The number of piperazine rings is 1. The van der Waals surface area contributed by atoms with Gasteiger partial charge in [-0.2, -0.15) is 0 Å². The van der Waals surface area contributed by atoms with E-state index in [-0.39, 0.29) is 0 Å². The number of hydrogen-bond donors (Lipinski definition) is 0. The normalized spacial score (nSPS) is 17.4. The highest BCUT2D eigenvalue weighted by atomic mass is 15.3. The number of imidazole rings is 1. The lowest BCUT2D eigenvalue weighted by molar-refractivity contribution is 0.124. The van der Waals surface area contributed by atoms with Gasteiger partial charge in [0, 0.05) is 70.6 Å². The predicted molar refractivity (Wildman–Crippen MR) is 78.2 cm³/mol. The Labute approximate surface area is 119 Å². The predicted octanol–water partition coefficient (Wildman–Crippen LogP) is 1.10. The molecule has 1 aliphatic heterocycles. The molecule has 3 heterocycles. The molecule has 0 spiro atoms. The third-order valence-corrected chi connectivity index (χ3v) is 3.83. The third-order valence-electron chi connectivity index (χ3n) is 3.83. The summed E-state index contributed by atoms with van der Waals surface area (Å²) < 4.78 is 2.14. The minimum atomic E-state index is 1.02. The van der Waals surface area contributed by atoms with Crippen LogP contribution in [0, 0.1) is 0 Å². The minimum absolute atomic E-state index is 1.02. The van der Waals surface area contributed by atoms with Gasteiger partial charge >= 0.3 is 0 Å². The van der Waals surface area contributed by atoms with Gasteiger partial charge in [-0.05, 0) is 11.6 Å². The first-order valence-corrected chi connectivity index (χ1v) is 7.19. The van der Waals surface area contributed by atoms with E-state index < -0.39 is 0 Å². The standard InChI is InChI=1S/C15H21N5/c1-2-15(12-16-3-1)13-19-9-6-18(7-10-19)8-11-20-5-4-17-14-20/h1-5,12,14H,6-11,13H2. The fourth-order valence-electron chi connectivity index (χ4n) is 2.60. The topological polar surface area (TPSA) is 37.2 Å². The molecule has 1 aliphatic rings. The molecule has 5 heteroatoms. The Morgan fingerprint density at radius 2 is 1.80 bits per heavy atom. The highest BCUT2D eigenvalue weighted by Gasteiger charge is 2.16. The number of rotatable bonds is 5. The first kappa shape index (κ1) is 13.3. The van der Waals surface area contributed by atoms with Crippen molar-refractivity contribution in [3.63, 3.8) is 0 Å². The second-order valence-corrected chi connectivity index (χ2v) is 5.28. The smallest absolute Gasteiger partial charge is 0.0946 e. The molecule has 0 N–H and O–H groups in total. The van der Waals surface area contributed by atoms with E-state index in [9.17, 15) is 0 Å². The third kappa shape index (κ3) is 3.65. The van der Waals surface area contributed by atoms with Crippen molar-refractivity contribution in [1.29, 1.82) is 0 Å². The molecule has 0 aromatic carbocycles. The van der Waals surface area contributed by atoms with E-state index in [2.05, 4.69) is 30.4 Å². The van der Waals surface area contributed by atoms with E-state index in [4.69, 9.17) is 0 Å². The van der Waals surface area contributed by atoms with Crippen molar-refractivity contribution >= 4 is 0 Å². The molecule has 1 saturated heterocycles. The van der Waals surface area contributed by atoms with Gasteiger partial charge in [-0.3, -0.25) is 14.8 Å². The van der Waals surface area contributed by atoms with Gasteiger partial charge in [0.1, 0.15) is 0 Å². The summed E-state index contributed by atoms with van der Waals surface area (Å²) in [6.45, 7) is 7.73. The zero-order chi connectivity index (χ0) is 13.6. The van der Waals surface area contributed by atoms with Crippen LogP contribution in [0.2, 0.25) is 0 Å². The van der Waals surface area contributed by atoms with Gasteiger partial charge in [-0.25, -0.2) is 4.98 Å². The SMILES string of the molecule is c1cncc(CN2CCN(CCn3ccnc3)CC2)c1. The van der Waals surface area contributed by atoms with Gasteiger partial charge in [0.2, 0.25) is 0 Å². The van der Waals surface area contributed by atoms with Crippen molar-refractivity contribution in [2.75, 3.05) is 32.7 Å². The molecule has 0 amide bonds. The molecule has 0 atom stereocenters. The summed E-state index contributed by atoms with van der Waals surface area (Å²) in [6, 6.07) is 4.16. The Kier molecular flexibility index (Phi) is 4.40. The molecule has 0 bridgehead atoms. The molecule has 2 aromatic rings. The van der Waals surface area contributed by atoms with Crippen LogP contribution in [0.25, 0.3) is 0 Å². The van der Waals surface area contributed by atoms with Crippen molar-refractivity contribution in [2.45, 2.75) is 13.1 Å². The van der Waals surface area contributed by atoms with Crippen LogP contribution in [0.3, 0.4) is 0 Å². The molecular weight excluding hydrogens is 250 g/mol. The summed E-state index contributed by atoms with van der Waals surface area (Å²) in [5.41, 5.74) is 1.30. The lowest BCUT2D eigenvalue weighted by Crippen LogP contribution is -2.46. The summed E-state index contributed by atoms with van der Waals surface area (Å²) in [6.07, 6.45) is 9.55. The lowest BCUT2D eigenvalue weighted by Gasteiger charge is -2.34. The maximum atomic E-state index is 4.18. The van der Waals surface area contributed by atoms with Gasteiger partial charge < -0.3 is 4.57 Å². The Bertz CT molecular complexity index is 488. The van der Waals surface area contributed by atoms with Crippen LogP contribution in [0.5, 0.6) is 0 Å². The van der Waals surface area contributed by atoms with Gasteiger partial charge in [-0.1, -0.05) is 6.07 Å². The molecule has 0 aliphatic carbocycles. The molecule has 5 nitrogen and oxygen atoms in total. The molecule has 2 aromatic heterocycles. The highest BCUT2D eigenvalue weighted by Crippen LogP contribution is 2.07. The lowest BCUT2D eigenvalue weighted by atomic mass is 10.2. The summed E-state index contributed by atoms with van der Waals surface area (Å²) in [4.78, 5) is 13.3. The van der Waals surface area contributed by atoms with Crippen LogP contribution in [0.1, 0.15) is 5.56 Å². The molecule has 0 unspecified atom stereocenters. The van der Waals surface area contributed by atoms with Gasteiger partial charge in [-0.15, -0.1) is 0 Å². The number of hydrogen-bond acceptors (Lipinski definition) is 4. The van der Waals surface area contributed by atoms with Gasteiger partial charge in [0.05, 0.1) is 6.33 Å². The Hall–Kier alpha value is -1.72. The van der Waals surface area contributed by atoms with E-state index in [1.54, 1.807) is 0 Å². The maximum Gasteiger partial charge on any atom is 0.0946 e. The van der Waals surface area contributed by atoms with E-state index in [0.717, 1.165) is 45.8 Å². The largest absolute Gasteiger partial charge is 0.336 e. The quantitative estimate of drug-likeness (QED) is 0.816. The summed E-state index contributed by atoms with van der Waals surface area (Å²) in [5.74, 6) is 0. The monoisotopic (exact) mass is 271 g/mol. The Balaban J connectivity index is 1.40. The second-order valence-electron chi connectivity index (χ2n) is 5.28. The maximum absolute atomic E-state index is 4.18. The van der Waals surface area contributed by atoms with Crippen LogP contribution in [0.4, 0.5) is 0 Å².